The van der Waals surface area contributed by atoms with Gasteiger partial charge < -0.3 is 10.2 Å². The largest absolute Gasteiger partial charge is 0.478 e. The number of carboxylic acids is 2. The third-order valence-corrected chi connectivity index (χ3v) is 3.12. The number of carboxylic acid groups (broad SMARTS) is 2. The predicted octanol–water partition coefficient (Wildman–Crippen LogP) is 2.97. The fourth-order valence-electron chi connectivity index (χ4n) is 1.96. The SMILES string of the molecule is O=C(O)/C=C/C(=O)O.c1ccc2nccnc2c1.c1ccc2nccnc2c1. The van der Waals surface area contributed by atoms with Crippen molar-refractivity contribution in [2.75, 3.05) is 0 Å². The number of rotatable bonds is 2. The molecule has 0 bridgehead atoms. The van der Waals surface area contributed by atoms with E-state index in [2.05, 4.69) is 19.9 Å². The summed E-state index contributed by atoms with van der Waals surface area (Å²) in [7, 11) is 0. The van der Waals surface area contributed by atoms with Crippen molar-refractivity contribution in [3.63, 3.8) is 0 Å². The number of benzene rings is 2. The zero-order valence-corrected chi connectivity index (χ0v) is 14.6. The Morgan fingerprint density at radius 3 is 1.04 bits per heavy atom. The smallest absolute Gasteiger partial charge is 0.328 e. The molecule has 0 amide bonds. The molecule has 0 fully saturated rings. The molecule has 0 saturated heterocycles. The Bertz CT molecular complexity index is 881. The Morgan fingerprint density at radius 1 is 0.571 bits per heavy atom. The van der Waals surface area contributed by atoms with Crippen LogP contribution in [0.4, 0.5) is 0 Å². The van der Waals surface area contributed by atoms with Crippen LogP contribution in [0.5, 0.6) is 0 Å². The van der Waals surface area contributed by atoms with E-state index in [0.29, 0.717) is 12.2 Å². The van der Waals surface area contributed by atoms with E-state index in [0.717, 1.165) is 22.1 Å². The van der Waals surface area contributed by atoms with Gasteiger partial charge in [0.1, 0.15) is 0 Å². The van der Waals surface area contributed by atoms with E-state index in [1.807, 2.05) is 48.5 Å². The molecule has 8 nitrogen and oxygen atoms in total. The van der Waals surface area contributed by atoms with Gasteiger partial charge in [0.15, 0.2) is 0 Å². The van der Waals surface area contributed by atoms with E-state index in [9.17, 15) is 9.59 Å². The van der Waals surface area contributed by atoms with Crippen molar-refractivity contribution < 1.29 is 19.8 Å². The van der Waals surface area contributed by atoms with Crippen molar-refractivity contribution in [1.29, 1.82) is 0 Å². The van der Waals surface area contributed by atoms with Gasteiger partial charge in [-0.3, -0.25) is 19.9 Å². The first-order valence-electron chi connectivity index (χ1n) is 8.01. The van der Waals surface area contributed by atoms with Crippen molar-refractivity contribution >= 4 is 34.0 Å². The van der Waals surface area contributed by atoms with Gasteiger partial charge in [0, 0.05) is 36.9 Å². The van der Waals surface area contributed by atoms with Crippen LogP contribution in [-0.2, 0) is 9.59 Å². The normalized spacial score (nSPS) is 9.86. The highest BCUT2D eigenvalue weighted by atomic mass is 16.4. The molecule has 0 spiro atoms. The minimum absolute atomic E-state index is 0.558. The van der Waals surface area contributed by atoms with Gasteiger partial charge >= 0.3 is 11.9 Å². The summed E-state index contributed by atoms with van der Waals surface area (Å²) in [6.45, 7) is 0. The number of aromatic nitrogens is 4. The van der Waals surface area contributed by atoms with Gasteiger partial charge in [0.2, 0.25) is 0 Å². The minimum Gasteiger partial charge on any atom is -0.478 e. The molecule has 2 N–H and O–H groups in total. The summed E-state index contributed by atoms with van der Waals surface area (Å²) in [5.41, 5.74) is 3.80. The van der Waals surface area contributed by atoms with Gasteiger partial charge in [0.25, 0.3) is 0 Å². The second kappa shape index (κ2) is 10.7. The van der Waals surface area contributed by atoms with Crippen LogP contribution in [0, 0.1) is 0 Å². The van der Waals surface area contributed by atoms with Crippen LogP contribution >= 0.6 is 0 Å². The molecule has 0 aliphatic carbocycles. The summed E-state index contributed by atoms with van der Waals surface area (Å²) in [6, 6.07) is 15.6. The van der Waals surface area contributed by atoms with Gasteiger partial charge in [-0.1, -0.05) is 24.3 Å². The monoisotopic (exact) mass is 376 g/mol. The van der Waals surface area contributed by atoms with Gasteiger partial charge in [-0.25, -0.2) is 9.59 Å². The first-order valence-corrected chi connectivity index (χ1v) is 8.01. The number of para-hydroxylation sites is 4. The number of nitrogens with zero attached hydrogens (tertiary/aromatic N) is 4. The molecule has 2 aromatic carbocycles. The summed E-state index contributed by atoms with van der Waals surface area (Å²) < 4.78 is 0. The molecule has 0 aliphatic rings. The number of aliphatic carboxylic acids is 2. The first kappa shape index (κ1) is 20.1. The van der Waals surface area contributed by atoms with Crippen LogP contribution in [0.3, 0.4) is 0 Å². The molecule has 0 aliphatic heterocycles. The molecule has 0 radical (unpaired) electrons. The summed E-state index contributed by atoms with van der Waals surface area (Å²) >= 11 is 0. The van der Waals surface area contributed by atoms with E-state index >= 15 is 0 Å². The lowest BCUT2D eigenvalue weighted by molar-refractivity contribution is -0.134. The molecule has 0 atom stereocenters. The Kier molecular flexibility index (Phi) is 7.70. The second-order valence-corrected chi connectivity index (χ2v) is 5.10. The van der Waals surface area contributed by atoms with Gasteiger partial charge in [-0.15, -0.1) is 0 Å². The Morgan fingerprint density at radius 2 is 0.821 bits per heavy atom. The lowest BCUT2D eigenvalue weighted by Gasteiger charge is -1.90. The molecule has 0 saturated carbocycles. The molecular formula is C20H16N4O4. The molecule has 4 rings (SSSR count). The fraction of sp³-hybridized carbons (Fsp3) is 0. The maximum atomic E-state index is 9.55. The van der Waals surface area contributed by atoms with Crippen molar-refractivity contribution in [3.8, 4) is 0 Å². The highest BCUT2D eigenvalue weighted by Crippen LogP contribution is 2.05. The van der Waals surface area contributed by atoms with Crippen LogP contribution in [0.15, 0.2) is 85.5 Å². The zero-order valence-electron chi connectivity index (χ0n) is 14.6. The minimum atomic E-state index is -1.26. The van der Waals surface area contributed by atoms with Gasteiger partial charge in [-0.05, 0) is 24.3 Å². The third-order valence-electron chi connectivity index (χ3n) is 3.12. The van der Waals surface area contributed by atoms with Crippen molar-refractivity contribution in [2.45, 2.75) is 0 Å². The number of carbonyl (C=O) groups is 2. The van der Waals surface area contributed by atoms with E-state index in [1.165, 1.54) is 0 Å². The average Bonchev–Trinajstić information content (AvgIpc) is 2.73. The topological polar surface area (TPSA) is 126 Å². The molecule has 140 valence electrons. The van der Waals surface area contributed by atoms with E-state index in [-0.39, 0.29) is 0 Å². The van der Waals surface area contributed by atoms with Gasteiger partial charge in [-0.2, -0.15) is 0 Å². The molecule has 28 heavy (non-hydrogen) atoms. The zero-order chi connectivity index (χ0) is 20.2. The predicted molar refractivity (Wildman–Crippen MR) is 103 cm³/mol. The van der Waals surface area contributed by atoms with Crippen LogP contribution in [0.1, 0.15) is 0 Å². The van der Waals surface area contributed by atoms with Crippen molar-refractivity contribution in [3.05, 3.63) is 85.5 Å². The lowest BCUT2D eigenvalue weighted by Crippen LogP contribution is -1.91. The molecule has 2 heterocycles. The van der Waals surface area contributed by atoms with Gasteiger partial charge in [0.05, 0.1) is 22.1 Å². The number of fused-ring (bicyclic) bond motifs is 2. The quantitative estimate of drug-likeness (QED) is 0.511. The highest BCUT2D eigenvalue weighted by Gasteiger charge is 1.89. The highest BCUT2D eigenvalue weighted by molar-refractivity contribution is 5.89. The summed E-state index contributed by atoms with van der Waals surface area (Å²) in [4.78, 5) is 35.6. The number of hydrogen-bond acceptors (Lipinski definition) is 6. The van der Waals surface area contributed by atoms with Crippen LogP contribution < -0.4 is 0 Å². The van der Waals surface area contributed by atoms with Crippen LogP contribution in [-0.4, -0.2) is 42.1 Å². The molecule has 4 aromatic rings. The van der Waals surface area contributed by atoms with Crippen molar-refractivity contribution in [2.24, 2.45) is 0 Å². The molecule has 0 unspecified atom stereocenters. The molecular weight excluding hydrogens is 360 g/mol. The second-order valence-electron chi connectivity index (χ2n) is 5.10. The van der Waals surface area contributed by atoms with Crippen LogP contribution in [0.25, 0.3) is 22.1 Å². The van der Waals surface area contributed by atoms with E-state index in [1.54, 1.807) is 24.8 Å². The Hall–Kier alpha value is -4.20. The summed E-state index contributed by atoms with van der Waals surface area (Å²) in [5.74, 6) is -2.51. The van der Waals surface area contributed by atoms with E-state index in [4.69, 9.17) is 10.2 Å². The Labute approximate surface area is 159 Å². The first-order chi connectivity index (χ1) is 13.6. The van der Waals surface area contributed by atoms with E-state index < -0.39 is 11.9 Å². The summed E-state index contributed by atoms with van der Waals surface area (Å²) in [6.07, 6.45) is 7.90. The Balaban J connectivity index is 0.000000152. The fourth-order valence-corrected chi connectivity index (χ4v) is 1.96. The maximum Gasteiger partial charge on any atom is 0.328 e. The summed E-state index contributed by atoms with van der Waals surface area (Å²) in [5, 5.41) is 15.6. The average molecular weight is 376 g/mol. The lowest BCUT2D eigenvalue weighted by atomic mass is 10.3. The molecule has 8 heteroatoms. The van der Waals surface area contributed by atoms with Crippen molar-refractivity contribution in [1.82, 2.24) is 19.9 Å². The third kappa shape index (κ3) is 6.96. The maximum absolute atomic E-state index is 9.55. The molecule has 2 aromatic heterocycles. The number of hydrogen-bond donors (Lipinski definition) is 2. The standard InChI is InChI=1S/2C8H6N2.C4H4O4/c2*1-2-4-8-7(3-1)9-5-6-10-8;5-3(6)1-2-4(7)8/h2*1-6H;1-2H,(H,5,6)(H,7,8)/b;;2-1+. The van der Waals surface area contributed by atoms with Crippen LogP contribution in [0.2, 0.25) is 0 Å².